The van der Waals surface area contributed by atoms with Crippen molar-refractivity contribution in [3.8, 4) is 0 Å². The van der Waals surface area contributed by atoms with E-state index in [-0.39, 0.29) is 11.8 Å². The van der Waals surface area contributed by atoms with Gasteiger partial charge in [0.05, 0.1) is 0 Å². The fraction of sp³-hybridized carbons (Fsp3) is 0.615. The lowest BCUT2D eigenvalue weighted by Gasteiger charge is -2.39. The van der Waals surface area contributed by atoms with Crippen LogP contribution in [0.1, 0.15) is 56.9 Å². The van der Waals surface area contributed by atoms with Gasteiger partial charge in [-0.3, -0.25) is 9.69 Å². The molecule has 180 valence electrons. The lowest BCUT2D eigenvalue weighted by atomic mass is 9.77. The molecule has 1 heterocycles. The second-order valence-corrected chi connectivity index (χ2v) is 9.86. The summed E-state index contributed by atoms with van der Waals surface area (Å²) in [6, 6.07) is 5.47. The van der Waals surface area contributed by atoms with E-state index < -0.39 is 11.5 Å². The molecule has 7 heteroatoms. The SMILES string of the molecule is Cc1ccc(N2CCN(CCC3CCC(OC(=O)C4=CCCC4)(C(N)=O)CC3)CC2)cc1F. The lowest BCUT2D eigenvalue weighted by molar-refractivity contribution is -0.168. The van der Waals surface area contributed by atoms with Crippen LogP contribution in [-0.4, -0.2) is 55.1 Å². The van der Waals surface area contributed by atoms with Gasteiger partial charge in [-0.15, -0.1) is 0 Å². The molecule has 0 atom stereocenters. The van der Waals surface area contributed by atoms with Crippen LogP contribution in [0.15, 0.2) is 29.8 Å². The lowest BCUT2D eigenvalue weighted by Crippen LogP contribution is -2.50. The highest BCUT2D eigenvalue weighted by Gasteiger charge is 2.44. The maximum Gasteiger partial charge on any atom is 0.334 e. The number of nitrogens with zero attached hydrogens (tertiary/aromatic N) is 2. The van der Waals surface area contributed by atoms with Crippen LogP contribution in [0.3, 0.4) is 0 Å². The minimum atomic E-state index is -1.15. The number of halogens is 1. The van der Waals surface area contributed by atoms with Crippen LogP contribution in [0.5, 0.6) is 0 Å². The summed E-state index contributed by atoms with van der Waals surface area (Å²) in [4.78, 5) is 29.4. The fourth-order valence-corrected chi connectivity index (χ4v) is 5.30. The predicted molar refractivity (Wildman–Crippen MR) is 126 cm³/mol. The largest absolute Gasteiger partial charge is 0.446 e. The first-order valence-electron chi connectivity index (χ1n) is 12.3. The predicted octanol–water partition coefficient (Wildman–Crippen LogP) is 3.71. The molecule has 1 aliphatic heterocycles. The topological polar surface area (TPSA) is 75.9 Å². The molecule has 3 aliphatic rings. The Labute approximate surface area is 195 Å². The number of carbonyl (C=O) groups excluding carboxylic acids is 2. The number of allylic oxidation sites excluding steroid dienone is 1. The number of hydrogen-bond acceptors (Lipinski definition) is 5. The fourth-order valence-electron chi connectivity index (χ4n) is 5.30. The van der Waals surface area contributed by atoms with Gasteiger partial charge in [0.1, 0.15) is 5.82 Å². The summed E-state index contributed by atoms with van der Waals surface area (Å²) >= 11 is 0. The zero-order valence-electron chi connectivity index (χ0n) is 19.7. The van der Waals surface area contributed by atoms with Crippen molar-refractivity contribution in [3.63, 3.8) is 0 Å². The molecule has 1 aromatic rings. The summed E-state index contributed by atoms with van der Waals surface area (Å²) < 4.78 is 19.6. The molecule has 0 radical (unpaired) electrons. The minimum Gasteiger partial charge on any atom is -0.446 e. The molecular formula is C26H36FN3O3. The van der Waals surface area contributed by atoms with E-state index in [0.717, 1.165) is 76.9 Å². The first kappa shape index (κ1) is 23.7. The highest BCUT2D eigenvalue weighted by Crippen LogP contribution is 2.37. The summed E-state index contributed by atoms with van der Waals surface area (Å²) in [6.07, 6.45) is 8.28. The summed E-state index contributed by atoms with van der Waals surface area (Å²) in [5.41, 5.74) is 6.86. The van der Waals surface area contributed by atoms with Gasteiger partial charge in [0, 0.05) is 37.4 Å². The molecule has 0 bridgehead atoms. The molecule has 0 aromatic heterocycles. The first-order valence-corrected chi connectivity index (χ1v) is 12.3. The molecule has 6 nitrogen and oxygen atoms in total. The van der Waals surface area contributed by atoms with Crippen LogP contribution < -0.4 is 10.6 Å². The van der Waals surface area contributed by atoms with E-state index in [9.17, 15) is 14.0 Å². The van der Waals surface area contributed by atoms with Crippen LogP contribution in [0.4, 0.5) is 10.1 Å². The van der Waals surface area contributed by atoms with Crippen LogP contribution in [0.25, 0.3) is 0 Å². The molecule has 2 fully saturated rings. The summed E-state index contributed by atoms with van der Waals surface area (Å²) in [7, 11) is 0. The number of aryl methyl sites for hydroxylation is 1. The third-order valence-electron chi connectivity index (χ3n) is 7.70. The molecule has 1 saturated heterocycles. The van der Waals surface area contributed by atoms with E-state index >= 15 is 0 Å². The third kappa shape index (κ3) is 5.57. The Morgan fingerprint density at radius 1 is 1.18 bits per heavy atom. The summed E-state index contributed by atoms with van der Waals surface area (Å²) in [5, 5.41) is 0. The first-order chi connectivity index (χ1) is 15.9. The van der Waals surface area contributed by atoms with Gasteiger partial charge in [0.15, 0.2) is 5.60 Å². The van der Waals surface area contributed by atoms with Crippen LogP contribution in [0.2, 0.25) is 0 Å². The van der Waals surface area contributed by atoms with Crippen molar-refractivity contribution in [3.05, 3.63) is 41.2 Å². The van der Waals surface area contributed by atoms with Gasteiger partial charge >= 0.3 is 5.97 Å². The molecule has 2 N–H and O–H groups in total. The van der Waals surface area contributed by atoms with Crippen molar-refractivity contribution >= 4 is 17.6 Å². The Kier molecular flexibility index (Phi) is 7.37. The van der Waals surface area contributed by atoms with E-state index in [1.54, 1.807) is 13.0 Å². The van der Waals surface area contributed by atoms with Crippen LogP contribution >= 0.6 is 0 Å². The number of carbonyl (C=O) groups is 2. The highest BCUT2D eigenvalue weighted by molar-refractivity contribution is 5.93. The van der Waals surface area contributed by atoms with E-state index in [4.69, 9.17) is 10.5 Å². The second-order valence-electron chi connectivity index (χ2n) is 9.86. The molecule has 0 unspecified atom stereocenters. The summed E-state index contributed by atoms with van der Waals surface area (Å²) in [5.74, 6) is -0.524. The monoisotopic (exact) mass is 457 g/mol. The Morgan fingerprint density at radius 3 is 2.52 bits per heavy atom. The maximum atomic E-state index is 13.9. The molecule has 1 aromatic carbocycles. The van der Waals surface area contributed by atoms with Gasteiger partial charge in [-0.05, 0) is 88.4 Å². The number of primary amides is 1. The van der Waals surface area contributed by atoms with Crippen molar-refractivity contribution in [2.45, 2.75) is 63.9 Å². The number of ether oxygens (including phenoxy) is 1. The zero-order valence-corrected chi connectivity index (χ0v) is 19.7. The van der Waals surface area contributed by atoms with Crippen molar-refractivity contribution in [1.29, 1.82) is 0 Å². The smallest absolute Gasteiger partial charge is 0.334 e. The number of rotatable bonds is 7. The van der Waals surface area contributed by atoms with E-state index in [2.05, 4.69) is 9.80 Å². The number of anilines is 1. The highest BCUT2D eigenvalue weighted by atomic mass is 19.1. The molecule has 4 rings (SSSR count). The number of hydrogen-bond donors (Lipinski definition) is 1. The van der Waals surface area contributed by atoms with Gasteiger partial charge in [-0.25, -0.2) is 9.18 Å². The molecule has 2 aliphatic carbocycles. The Balaban J connectivity index is 1.22. The minimum absolute atomic E-state index is 0.148. The number of esters is 1. The second kappa shape index (κ2) is 10.2. The Bertz CT molecular complexity index is 900. The van der Waals surface area contributed by atoms with E-state index in [1.165, 1.54) is 0 Å². The number of benzene rings is 1. The van der Waals surface area contributed by atoms with Gasteiger partial charge in [-0.2, -0.15) is 0 Å². The number of amides is 1. The maximum absolute atomic E-state index is 13.9. The zero-order chi connectivity index (χ0) is 23.4. The Hall–Kier alpha value is -2.41. The van der Waals surface area contributed by atoms with Crippen molar-refractivity contribution < 1.29 is 18.7 Å². The average Bonchev–Trinajstić information content (AvgIpc) is 3.36. The normalized spacial score (nSPS) is 26.2. The molecule has 1 amide bonds. The van der Waals surface area contributed by atoms with Crippen LogP contribution in [-0.2, 0) is 14.3 Å². The molecular weight excluding hydrogens is 421 g/mol. The van der Waals surface area contributed by atoms with Gasteiger partial charge < -0.3 is 15.4 Å². The number of piperazine rings is 1. The van der Waals surface area contributed by atoms with Gasteiger partial charge in [0.2, 0.25) is 0 Å². The van der Waals surface area contributed by atoms with Gasteiger partial charge in [-0.1, -0.05) is 12.1 Å². The van der Waals surface area contributed by atoms with Crippen molar-refractivity contribution in [2.75, 3.05) is 37.6 Å². The van der Waals surface area contributed by atoms with Crippen molar-refractivity contribution in [1.82, 2.24) is 4.90 Å². The van der Waals surface area contributed by atoms with Crippen molar-refractivity contribution in [2.24, 2.45) is 11.7 Å². The van der Waals surface area contributed by atoms with Crippen LogP contribution in [0, 0.1) is 18.7 Å². The summed E-state index contributed by atoms with van der Waals surface area (Å²) in [6.45, 7) is 6.50. The third-order valence-corrected chi connectivity index (χ3v) is 7.70. The van der Waals surface area contributed by atoms with Gasteiger partial charge in [0.25, 0.3) is 5.91 Å². The molecule has 0 spiro atoms. The Morgan fingerprint density at radius 2 is 1.91 bits per heavy atom. The average molecular weight is 458 g/mol. The van der Waals surface area contributed by atoms with E-state index in [0.29, 0.717) is 29.9 Å². The molecule has 1 saturated carbocycles. The number of nitrogens with two attached hydrogens (primary N) is 1. The van der Waals surface area contributed by atoms with E-state index in [1.807, 2.05) is 18.2 Å². The molecule has 33 heavy (non-hydrogen) atoms. The standard InChI is InChI=1S/C26H36FN3O3/c1-19-6-7-22(18-23(19)27)30-16-14-29(15-17-30)13-10-20-8-11-26(12-9-20,25(28)32)33-24(31)21-4-2-3-5-21/h4,6-7,18,20H,2-3,5,8-17H2,1H3,(H2,28,32). The quantitative estimate of drug-likeness (QED) is 0.632.